The van der Waals surface area contributed by atoms with E-state index in [0.29, 0.717) is 11.4 Å². The summed E-state index contributed by atoms with van der Waals surface area (Å²) in [6.07, 6.45) is 0. The molecule has 0 unspecified atom stereocenters. The summed E-state index contributed by atoms with van der Waals surface area (Å²) >= 11 is 0. The quantitative estimate of drug-likeness (QED) is 0.161. The van der Waals surface area contributed by atoms with E-state index in [0.717, 1.165) is 7.11 Å². The van der Waals surface area contributed by atoms with Crippen molar-refractivity contribution >= 4 is 35.3 Å². The van der Waals surface area contributed by atoms with Crippen LogP contribution in [0.5, 0.6) is 0 Å². The molecular formula is C20H25N7O6. The van der Waals surface area contributed by atoms with Crippen LogP contribution < -0.4 is 27.0 Å². The number of aryl methyl sites for hydroxylation is 2. The first-order valence-corrected chi connectivity index (χ1v) is 9.70. The lowest BCUT2D eigenvalue weighted by Crippen LogP contribution is -2.50. The van der Waals surface area contributed by atoms with Crippen molar-refractivity contribution in [1.29, 1.82) is 5.41 Å². The van der Waals surface area contributed by atoms with Crippen LogP contribution in [0.1, 0.15) is 32.2 Å². The summed E-state index contributed by atoms with van der Waals surface area (Å²) in [5.41, 5.74) is 6.48. The number of rotatable bonds is 9. The van der Waals surface area contributed by atoms with Crippen molar-refractivity contribution in [2.75, 3.05) is 25.5 Å². The molecule has 3 amide bonds. The molecule has 0 radical (unpaired) electrons. The molecule has 0 bridgehead atoms. The third-order valence-electron chi connectivity index (χ3n) is 4.37. The molecule has 0 fully saturated rings. The Morgan fingerprint density at radius 3 is 2.52 bits per heavy atom. The maximum absolute atomic E-state index is 12.5. The number of benzene rings is 1. The van der Waals surface area contributed by atoms with Crippen molar-refractivity contribution in [3.8, 4) is 0 Å². The van der Waals surface area contributed by atoms with Gasteiger partial charge in [0.05, 0.1) is 19.3 Å². The largest absolute Gasteiger partial charge is 0.467 e. The molecule has 1 heterocycles. The first kappa shape index (κ1) is 24.8. The topological polar surface area (TPSA) is 202 Å². The van der Waals surface area contributed by atoms with E-state index in [4.69, 9.17) is 15.7 Å². The molecule has 0 saturated heterocycles. The fraction of sp³-hybridized carbons (Fsp3) is 0.300. The van der Waals surface area contributed by atoms with Crippen molar-refractivity contribution in [3.05, 3.63) is 46.8 Å². The van der Waals surface area contributed by atoms with E-state index < -0.39 is 29.7 Å². The molecule has 176 valence electrons. The lowest BCUT2D eigenvalue weighted by atomic mass is 10.1. The van der Waals surface area contributed by atoms with Gasteiger partial charge in [-0.3, -0.25) is 19.8 Å². The predicted octanol–water partition coefficient (Wildman–Crippen LogP) is -0.586. The van der Waals surface area contributed by atoms with Crippen LogP contribution in [-0.2, 0) is 14.3 Å². The van der Waals surface area contributed by atoms with E-state index in [1.54, 1.807) is 26.0 Å². The van der Waals surface area contributed by atoms with Gasteiger partial charge in [0.2, 0.25) is 5.91 Å². The highest BCUT2D eigenvalue weighted by Crippen LogP contribution is 2.12. The Bertz CT molecular complexity index is 1050. The van der Waals surface area contributed by atoms with Crippen LogP contribution in [0.25, 0.3) is 0 Å². The maximum Gasteiger partial charge on any atom is 0.330 e. The number of carbonyl (C=O) groups is 4. The fourth-order valence-corrected chi connectivity index (χ4v) is 2.81. The Morgan fingerprint density at radius 1 is 1.18 bits per heavy atom. The summed E-state index contributed by atoms with van der Waals surface area (Å²) in [5, 5.41) is 20.8. The van der Waals surface area contributed by atoms with Crippen LogP contribution in [0.3, 0.4) is 0 Å². The molecular weight excluding hydrogens is 434 g/mol. The Kier molecular flexibility index (Phi) is 8.49. The summed E-state index contributed by atoms with van der Waals surface area (Å²) in [7, 11) is 1.15. The number of guanidine groups is 1. The first-order chi connectivity index (χ1) is 15.6. The van der Waals surface area contributed by atoms with Crippen molar-refractivity contribution in [2.45, 2.75) is 19.9 Å². The van der Waals surface area contributed by atoms with Gasteiger partial charge in [0.15, 0.2) is 5.96 Å². The van der Waals surface area contributed by atoms with Gasteiger partial charge in [-0.1, -0.05) is 11.2 Å². The van der Waals surface area contributed by atoms with Gasteiger partial charge >= 0.3 is 5.97 Å². The number of esters is 1. The monoisotopic (exact) mass is 459 g/mol. The minimum Gasteiger partial charge on any atom is -0.467 e. The van der Waals surface area contributed by atoms with Crippen molar-refractivity contribution < 1.29 is 28.4 Å². The zero-order valence-electron chi connectivity index (χ0n) is 18.3. The van der Waals surface area contributed by atoms with Crippen LogP contribution in [-0.4, -0.2) is 61.0 Å². The third kappa shape index (κ3) is 7.05. The zero-order chi connectivity index (χ0) is 24.5. The van der Waals surface area contributed by atoms with Crippen molar-refractivity contribution in [3.63, 3.8) is 0 Å². The summed E-state index contributed by atoms with van der Waals surface area (Å²) in [4.78, 5) is 48.9. The fourth-order valence-electron chi connectivity index (χ4n) is 2.81. The molecule has 1 atom stereocenters. The van der Waals surface area contributed by atoms with Gasteiger partial charge in [-0.15, -0.1) is 0 Å². The van der Waals surface area contributed by atoms with Gasteiger partial charge in [-0.25, -0.2) is 4.79 Å². The zero-order valence-corrected chi connectivity index (χ0v) is 18.3. The molecule has 0 aliphatic carbocycles. The standard InChI is InChI=1S/C20H25N7O6/c1-10-16(11(2)33-27-10)18(30)26-14(19(31)32-3)8-23-15(28)9-24-17(29)12-5-4-6-13(7-12)25-20(21)22/h4-7,14H,8-9H2,1-3H3,(H,23,28)(H,24,29)(H,26,30)(H4,21,22,25)/t14-/m0/s1. The molecule has 0 spiro atoms. The second-order valence-corrected chi connectivity index (χ2v) is 6.85. The molecule has 33 heavy (non-hydrogen) atoms. The summed E-state index contributed by atoms with van der Waals surface area (Å²) in [5.74, 6) is -2.51. The molecule has 13 heteroatoms. The SMILES string of the molecule is COC(=O)[C@H](CNC(=O)CNC(=O)c1cccc(NC(=N)N)c1)NC(=O)c1c(C)noc1C. The molecule has 1 aromatic heterocycles. The number of nitrogens with one attached hydrogen (secondary N) is 5. The van der Waals surface area contributed by atoms with E-state index in [2.05, 4.69) is 31.2 Å². The number of hydrogen-bond acceptors (Lipinski definition) is 8. The first-order valence-electron chi connectivity index (χ1n) is 9.70. The summed E-state index contributed by atoms with van der Waals surface area (Å²) in [6.45, 7) is 2.48. The van der Waals surface area contributed by atoms with Gasteiger partial charge in [0, 0.05) is 17.8 Å². The number of hydrogen-bond donors (Lipinski definition) is 6. The van der Waals surface area contributed by atoms with Gasteiger partial charge < -0.3 is 36.3 Å². The summed E-state index contributed by atoms with van der Waals surface area (Å²) in [6, 6.07) is 5.02. The van der Waals surface area contributed by atoms with Gasteiger partial charge in [-0.2, -0.15) is 0 Å². The average molecular weight is 459 g/mol. The molecule has 0 saturated carbocycles. The Hall–Kier alpha value is -4.42. The van der Waals surface area contributed by atoms with E-state index in [1.807, 2.05) is 0 Å². The number of anilines is 1. The van der Waals surface area contributed by atoms with Crippen LogP contribution in [0.2, 0.25) is 0 Å². The Labute approximate surface area is 188 Å². The van der Waals surface area contributed by atoms with E-state index in [1.165, 1.54) is 12.1 Å². The van der Waals surface area contributed by atoms with E-state index >= 15 is 0 Å². The molecule has 7 N–H and O–H groups in total. The van der Waals surface area contributed by atoms with Crippen LogP contribution in [0.15, 0.2) is 28.8 Å². The highest BCUT2D eigenvalue weighted by Gasteiger charge is 2.26. The lowest BCUT2D eigenvalue weighted by molar-refractivity contribution is -0.142. The number of methoxy groups -OCH3 is 1. The molecule has 13 nitrogen and oxygen atoms in total. The van der Waals surface area contributed by atoms with Crippen molar-refractivity contribution in [2.24, 2.45) is 5.73 Å². The predicted molar refractivity (Wildman–Crippen MR) is 117 cm³/mol. The second kappa shape index (κ2) is 11.3. The lowest BCUT2D eigenvalue weighted by Gasteiger charge is -2.17. The van der Waals surface area contributed by atoms with Gasteiger partial charge in [0.25, 0.3) is 11.8 Å². The number of amides is 3. The Morgan fingerprint density at radius 2 is 1.91 bits per heavy atom. The number of nitrogens with zero attached hydrogens (tertiary/aromatic N) is 1. The normalized spacial score (nSPS) is 11.1. The van der Waals surface area contributed by atoms with Gasteiger partial charge in [-0.05, 0) is 32.0 Å². The van der Waals surface area contributed by atoms with E-state index in [9.17, 15) is 19.2 Å². The van der Waals surface area contributed by atoms with E-state index in [-0.39, 0.29) is 35.9 Å². The molecule has 0 aliphatic rings. The number of nitrogens with two attached hydrogens (primary N) is 1. The highest BCUT2D eigenvalue weighted by molar-refractivity contribution is 5.99. The van der Waals surface area contributed by atoms with Crippen LogP contribution in [0, 0.1) is 19.3 Å². The molecule has 0 aliphatic heterocycles. The molecule has 1 aromatic carbocycles. The summed E-state index contributed by atoms with van der Waals surface area (Å²) < 4.78 is 9.62. The molecule has 2 aromatic rings. The van der Waals surface area contributed by atoms with Gasteiger partial charge in [0.1, 0.15) is 17.4 Å². The number of carbonyl (C=O) groups excluding carboxylic acids is 4. The average Bonchev–Trinajstić information content (AvgIpc) is 3.11. The molecule has 2 rings (SSSR count). The smallest absolute Gasteiger partial charge is 0.330 e. The number of ether oxygens (including phenoxy) is 1. The minimum absolute atomic E-state index is 0.184. The third-order valence-corrected chi connectivity index (χ3v) is 4.37. The van der Waals surface area contributed by atoms with Crippen LogP contribution in [0.4, 0.5) is 5.69 Å². The number of aromatic nitrogens is 1. The Balaban J connectivity index is 1.91. The highest BCUT2D eigenvalue weighted by atomic mass is 16.5. The minimum atomic E-state index is -1.18. The van der Waals surface area contributed by atoms with Crippen molar-refractivity contribution in [1.82, 2.24) is 21.1 Å². The van der Waals surface area contributed by atoms with Crippen LogP contribution >= 0.6 is 0 Å². The maximum atomic E-state index is 12.5. The second-order valence-electron chi connectivity index (χ2n) is 6.85.